The molecule has 0 aliphatic rings. The van der Waals surface area contributed by atoms with Crippen molar-refractivity contribution in [2.45, 2.75) is 32.8 Å². The van der Waals surface area contributed by atoms with E-state index in [2.05, 4.69) is 17.2 Å². The molecule has 0 heterocycles. The first-order valence-corrected chi connectivity index (χ1v) is 8.65. The van der Waals surface area contributed by atoms with Crippen molar-refractivity contribution in [1.82, 2.24) is 0 Å². The van der Waals surface area contributed by atoms with Gasteiger partial charge < -0.3 is 9.84 Å². The van der Waals surface area contributed by atoms with Crippen molar-refractivity contribution in [3.8, 4) is 11.8 Å². The average Bonchev–Trinajstić information content (AvgIpc) is 2.59. The van der Waals surface area contributed by atoms with Crippen molar-refractivity contribution in [1.29, 1.82) is 0 Å². The van der Waals surface area contributed by atoms with E-state index in [1.165, 1.54) is 6.07 Å². The van der Waals surface area contributed by atoms with E-state index in [1.54, 1.807) is 45.0 Å². The molecule has 0 atom stereocenters. The minimum Gasteiger partial charge on any atom is -0.481 e. The fraction of sp³-hybridized carbons (Fsp3) is 0.238. The number of nitrogens with zero attached hydrogens (tertiary/aromatic N) is 1. The maximum atomic E-state index is 12.0. The lowest BCUT2D eigenvalue weighted by molar-refractivity contribution is -0.384. The van der Waals surface area contributed by atoms with Crippen LogP contribution in [0.2, 0.25) is 0 Å². The van der Waals surface area contributed by atoms with Gasteiger partial charge in [0.15, 0.2) is 0 Å². The summed E-state index contributed by atoms with van der Waals surface area (Å²) in [6, 6.07) is 11.3. The largest absolute Gasteiger partial charge is 0.481 e. The van der Waals surface area contributed by atoms with Crippen molar-refractivity contribution >= 4 is 23.4 Å². The van der Waals surface area contributed by atoms with E-state index in [1.807, 2.05) is 6.07 Å². The first kappa shape index (κ1) is 21.4. The fourth-order valence-electron chi connectivity index (χ4n) is 2.38. The van der Waals surface area contributed by atoms with Crippen LogP contribution in [0.25, 0.3) is 0 Å². The van der Waals surface area contributed by atoms with Crippen LogP contribution in [-0.2, 0) is 16.0 Å². The minimum absolute atomic E-state index is 0.161. The van der Waals surface area contributed by atoms with E-state index < -0.39 is 34.7 Å². The third-order valence-electron chi connectivity index (χ3n) is 3.51. The van der Waals surface area contributed by atoms with Crippen LogP contribution in [0.1, 0.15) is 37.5 Å². The number of nitro benzene ring substituents is 1. The SMILES string of the molecule is CC(C)(C)OC(=O)Nc1cc(CC(=O)O)c(C#Cc2ccccc2)cc1[N+](=O)[O-]. The van der Waals surface area contributed by atoms with Gasteiger partial charge >= 0.3 is 12.1 Å². The van der Waals surface area contributed by atoms with Crippen molar-refractivity contribution in [3.05, 3.63) is 69.3 Å². The Morgan fingerprint density at radius 3 is 2.38 bits per heavy atom. The second-order valence-electron chi connectivity index (χ2n) is 7.10. The maximum absolute atomic E-state index is 12.0. The van der Waals surface area contributed by atoms with Crippen molar-refractivity contribution in [3.63, 3.8) is 0 Å². The van der Waals surface area contributed by atoms with Crippen molar-refractivity contribution in [2.24, 2.45) is 0 Å². The Balaban J connectivity index is 2.50. The lowest BCUT2D eigenvalue weighted by atomic mass is 10.0. The number of ether oxygens (including phenoxy) is 1. The highest BCUT2D eigenvalue weighted by atomic mass is 16.6. The van der Waals surface area contributed by atoms with Gasteiger partial charge in [-0.25, -0.2) is 4.79 Å². The highest BCUT2D eigenvalue weighted by molar-refractivity contribution is 5.89. The molecule has 8 heteroatoms. The number of hydrogen-bond acceptors (Lipinski definition) is 5. The number of amides is 1. The van der Waals surface area contributed by atoms with E-state index in [0.717, 1.165) is 6.07 Å². The Hall–Kier alpha value is -3.86. The molecular weight excluding hydrogens is 376 g/mol. The second-order valence-corrected chi connectivity index (χ2v) is 7.10. The van der Waals surface area contributed by atoms with Gasteiger partial charge in [0.05, 0.1) is 11.3 Å². The highest BCUT2D eigenvalue weighted by Gasteiger charge is 2.23. The molecule has 29 heavy (non-hydrogen) atoms. The monoisotopic (exact) mass is 396 g/mol. The molecule has 1 amide bonds. The zero-order valence-corrected chi connectivity index (χ0v) is 16.2. The van der Waals surface area contributed by atoms with Crippen LogP contribution in [0, 0.1) is 22.0 Å². The van der Waals surface area contributed by atoms with E-state index >= 15 is 0 Å². The number of carbonyl (C=O) groups excluding carboxylic acids is 1. The molecule has 2 rings (SSSR count). The molecule has 0 radical (unpaired) electrons. The van der Waals surface area contributed by atoms with Gasteiger partial charge in [-0.15, -0.1) is 0 Å². The number of benzene rings is 2. The van der Waals surface area contributed by atoms with Gasteiger partial charge in [0, 0.05) is 17.2 Å². The average molecular weight is 396 g/mol. The molecule has 0 unspecified atom stereocenters. The number of carboxylic acid groups (broad SMARTS) is 1. The lowest BCUT2D eigenvalue weighted by Crippen LogP contribution is -2.27. The quantitative estimate of drug-likeness (QED) is 0.459. The van der Waals surface area contributed by atoms with Crippen LogP contribution in [0.5, 0.6) is 0 Å². The summed E-state index contributed by atoms with van der Waals surface area (Å²) < 4.78 is 5.12. The molecule has 0 aliphatic heterocycles. The molecule has 2 aromatic rings. The maximum Gasteiger partial charge on any atom is 0.412 e. The molecule has 2 aromatic carbocycles. The van der Waals surface area contributed by atoms with Crippen molar-refractivity contribution < 1.29 is 24.4 Å². The number of rotatable bonds is 4. The van der Waals surface area contributed by atoms with Gasteiger partial charge in [-0.05, 0) is 44.5 Å². The van der Waals surface area contributed by atoms with Gasteiger partial charge in [-0.1, -0.05) is 30.0 Å². The molecule has 8 nitrogen and oxygen atoms in total. The zero-order chi connectivity index (χ0) is 21.6. The summed E-state index contributed by atoms with van der Waals surface area (Å²) in [4.78, 5) is 34.1. The molecule has 0 saturated heterocycles. The summed E-state index contributed by atoms with van der Waals surface area (Å²) >= 11 is 0. The Kier molecular flexibility index (Phi) is 6.57. The topological polar surface area (TPSA) is 119 Å². The minimum atomic E-state index is -1.13. The van der Waals surface area contributed by atoms with E-state index in [4.69, 9.17) is 4.74 Å². The van der Waals surface area contributed by atoms with Crippen LogP contribution in [0.4, 0.5) is 16.2 Å². The first-order chi connectivity index (χ1) is 13.5. The lowest BCUT2D eigenvalue weighted by Gasteiger charge is -2.20. The predicted octanol–water partition coefficient (Wildman–Crippen LogP) is 3.97. The standard InChI is InChI=1S/C21H20N2O6/c1-21(2,3)29-20(26)22-17-11-16(13-19(24)25)15(12-18(17)23(27)28)10-9-14-7-5-4-6-8-14/h4-8,11-12H,13H2,1-3H3,(H,22,26)(H,24,25). The number of nitrogens with one attached hydrogen (secondary N) is 1. The summed E-state index contributed by atoms with van der Waals surface area (Å²) in [5.41, 5.74) is -0.278. The number of carboxylic acids is 1. The molecule has 0 saturated carbocycles. The van der Waals surface area contributed by atoms with Gasteiger partial charge in [0.1, 0.15) is 11.3 Å². The summed E-state index contributed by atoms with van der Waals surface area (Å²) in [5.74, 6) is 4.51. The zero-order valence-electron chi connectivity index (χ0n) is 16.2. The first-order valence-electron chi connectivity index (χ1n) is 8.65. The third-order valence-corrected chi connectivity index (χ3v) is 3.51. The van der Waals surface area contributed by atoms with Crippen LogP contribution < -0.4 is 5.32 Å². The molecule has 0 bridgehead atoms. The van der Waals surface area contributed by atoms with Gasteiger partial charge in [-0.2, -0.15) is 0 Å². The van der Waals surface area contributed by atoms with E-state index in [9.17, 15) is 24.8 Å². The molecular formula is C21H20N2O6. The van der Waals surface area contributed by atoms with Crippen LogP contribution >= 0.6 is 0 Å². The summed E-state index contributed by atoms with van der Waals surface area (Å²) in [5, 5.41) is 23.0. The summed E-state index contributed by atoms with van der Waals surface area (Å²) in [6.07, 6.45) is -1.30. The normalized spacial score (nSPS) is 10.4. The molecule has 0 aliphatic carbocycles. The Morgan fingerprint density at radius 2 is 1.83 bits per heavy atom. The van der Waals surface area contributed by atoms with Crippen molar-refractivity contribution in [2.75, 3.05) is 5.32 Å². The van der Waals surface area contributed by atoms with Crippen LogP contribution in [0.15, 0.2) is 42.5 Å². The predicted molar refractivity (Wildman–Crippen MR) is 107 cm³/mol. The summed E-state index contributed by atoms with van der Waals surface area (Å²) in [7, 11) is 0. The molecule has 2 N–H and O–H groups in total. The smallest absolute Gasteiger partial charge is 0.412 e. The molecule has 0 spiro atoms. The number of hydrogen-bond donors (Lipinski definition) is 2. The van der Waals surface area contributed by atoms with Gasteiger partial charge in [0.25, 0.3) is 5.69 Å². The molecule has 150 valence electrons. The van der Waals surface area contributed by atoms with Gasteiger partial charge in [0.2, 0.25) is 0 Å². The fourth-order valence-corrected chi connectivity index (χ4v) is 2.38. The van der Waals surface area contributed by atoms with Crippen LogP contribution in [0.3, 0.4) is 0 Å². The van der Waals surface area contributed by atoms with Gasteiger partial charge in [-0.3, -0.25) is 20.2 Å². The highest BCUT2D eigenvalue weighted by Crippen LogP contribution is 2.29. The Bertz CT molecular complexity index is 998. The molecule has 0 fully saturated rings. The Labute approximate surface area is 167 Å². The number of aliphatic carboxylic acids is 1. The third kappa shape index (κ3) is 6.66. The van der Waals surface area contributed by atoms with E-state index in [0.29, 0.717) is 5.56 Å². The van der Waals surface area contributed by atoms with Crippen LogP contribution in [-0.4, -0.2) is 27.7 Å². The summed E-state index contributed by atoms with van der Waals surface area (Å²) in [6.45, 7) is 4.96. The number of anilines is 1. The number of nitro groups is 1. The molecule has 0 aromatic heterocycles. The number of carbonyl (C=O) groups is 2. The Morgan fingerprint density at radius 1 is 1.17 bits per heavy atom. The second kappa shape index (κ2) is 8.89. The van der Waals surface area contributed by atoms with E-state index in [-0.39, 0.29) is 16.8 Å².